The van der Waals surface area contributed by atoms with Gasteiger partial charge in [0.1, 0.15) is 27.8 Å². The van der Waals surface area contributed by atoms with Crippen molar-refractivity contribution in [1.29, 1.82) is 0 Å². The third-order valence-electron chi connectivity index (χ3n) is 1.52. The van der Waals surface area contributed by atoms with Gasteiger partial charge < -0.3 is 5.73 Å². The van der Waals surface area contributed by atoms with Crippen LogP contribution in [0, 0.1) is 0 Å². The maximum absolute atomic E-state index is 5.78. The highest BCUT2D eigenvalue weighted by Gasteiger charge is 2.32. The molecule has 12 heavy (non-hydrogen) atoms. The van der Waals surface area contributed by atoms with Gasteiger partial charge in [-0.05, 0) is 17.7 Å². The monoisotopic (exact) mass is 223 g/mol. The molecule has 0 amide bonds. The Morgan fingerprint density at radius 1 is 1.17 bits per heavy atom. The van der Waals surface area contributed by atoms with Gasteiger partial charge in [-0.15, -0.1) is 0 Å². The van der Waals surface area contributed by atoms with Crippen molar-refractivity contribution in [3.05, 3.63) is 29.8 Å². The third-order valence-corrected chi connectivity index (χ3v) is 3.67. The first-order valence-corrected chi connectivity index (χ1v) is 7.07. The average Bonchev–Trinajstić information content (AvgIpc) is 2.03. The van der Waals surface area contributed by atoms with Crippen molar-refractivity contribution < 1.29 is 0 Å². The van der Waals surface area contributed by atoms with E-state index in [0.717, 1.165) is 10.9 Å². The van der Waals surface area contributed by atoms with E-state index in [1.54, 1.807) is 0 Å². The lowest BCUT2D eigenvalue weighted by Gasteiger charge is -2.02. The Labute approximate surface area is 81.8 Å². The highest BCUT2D eigenvalue weighted by molar-refractivity contribution is 8.20. The van der Waals surface area contributed by atoms with Crippen molar-refractivity contribution in [3.8, 4) is 0 Å². The van der Waals surface area contributed by atoms with Gasteiger partial charge in [0.05, 0.1) is 0 Å². The maximum atomic E-state index is 5.78. The Morgan fingerprint density at radius 3 is 2.00 bits per heavy atom. The summed E-state index contributed by atoms with van der Waals surface area (Å²) >= 11 is 11.6. The molecule has 0 fully saturated rings. The summed E-state index contributed by atoms with van der Waals surface area (Å²) < 4.78 is 0. The summed E-state index contributed by atoms with van der Waals surface area (Å²) in [5.41, 5.74) is 12.0. The van der Waals surface area contributed by atoms with Crippen LogP contribution in [-0.2, 0) is 6.54 Å². The minimum absolute atomic E-state index is 0.515. The number of benzene rings is 1. The zero-order valence-electron chi connectivity index (χ0n) is 6.37. The van der Waals surface area contributed by atoms with E-state index in [-0.39, 0.29) is 0 Å². The molecule has 1 rings (SSSR count). The minimum atomic E-state index is -2.39. The van der Waals surface area contributed by atoms with E-state index in [1.807, 2.05) is 24.3 Å². The number of hydrogen-bond acceptors (Lipinski definition) is 2. The second-order valence-electron chi connectivity index (χ2n) is 2.43. The highest BCUT2D eigenvalue weighted by atomic mass is 35.9. The molecule has 0 aromatic heterocycles. The molecule has 0 aliphatic rings. The second-order valence-corrected chi connectivity index (χ2v) is 7.78. The molecule has 1 aromatic carbocycles. The zero-order valence-corrected chi connectivity index (χ0v) is 8.78. The van der Waals surface area contributed by atoms with E-state index >= 15 is 0 Å². The largest absolute Gasteiger partial charge is 0.326 e. The van der Waals surface area contributed by atoms with E-state index < -0.39 is 6.12 Å². The van der Waals surface area contributed by atoms with Crippen LogP contribution in [0.1, 0.15) is 5.56 Å². The van der Waals surface area contributed by atoms with E-state index in [4.69, 9.17) is 33.7 Å². The van der Waals surface area contributed by atoms with Gasteiger partial charge in [0.2, 0.25) is 0 Å². The predicted octanol–water partition coefficient (Wildman–Crippen LogP) is 1.97. The standard InChI is InChI=1S/C7H10Cl2N2P/c8-12(9,11)7-3-1-6(5-10)2-4-7/h1-4H,5,10-11H2/q+1. The molecule has 0 radical (unpaired) electrons. The lowest BCUT2D eigenvalue weighted by atomic mass is 10.2. The lowest BCUT2D eigenvalue weighted by Crippen LogP contribution is -2.09. The number of nitrogens with two attached hydrogens (primary N) is 2. The Morgan fingerprint density at radius 2 is 1.67 bits per heavy atom. The summed E-state index contributed by atoms with van der Waals surface area (Å²) in [5, 5.41) is 0.781. The summed E-state index contributed by atoms with van der Waals surface area (Å²) in [5.74, 6) is 0. The van der Waals surface area contributed by atoms with Crippen molar-refractivity contribution in [2.24, 2.45) is 11.2 Å². The highest BCUT2D eigenvalue weighted by Crippen LogP contribution is 2.59. The number of rotatable bonds is 2. The van der Waals surface area contributed by atoms with Crippen molar-refractivity contribution in [2.75, 3.05) is 0 Å². The quantitative estimate of drug-likeness (QED) is 0.754. The van der Waals surface area contributed by atoms with Gasteiger partial charge in [0, 0.05) is 6.54 Å². The Balaban J connectivity index is 2.93. The summed E-state index contributed by atoms with van der Waals surface area (Å²) in [6, 6.07) is 7.38. The van der Waals surface area contributed by atoms with Gasteiger partial charge in [-0.3, -0.25) is 0 Å². The Hall–Kier alpha value is 0.150. The second kappa shape index (κ2) is 3.91. The van der Waals surface area contributed by atoms with Crippen molar-refractivity contribution in [1.82, 2.24) is 0 Å². The fraction of sp³-hybridized carbons (Fsp3) is 0.143. The molecule has 0 saturated carbocycles. The van der Waals surface area contributed by atoms with E-state index in [0.29, 0.717) is 6.54 Å². The molecule has 1 aromatic rings. The van der Waals surface area contributed by atoms with Crippen molar-refractivity contribution in [3.63, 3.8) is 0 Å². The lowest BCUT2D eigenvalue weighted by molar-refractivity contribution is 1.07. The van der Waals surface area contributed by atoms with Gasteiger partial charge in [-0.1, -0.05) is 12.1 Å². The molecule has 0 saturated heterocycles. The molecule has 0 aliphatic heterocycles. The predicted molar refractivity (Wildman–Crippen MR) is 56.8 cm³/mol. The van der Waals surface area contributed by atoms with Crippen LogP contribution in [0.25, 0.3) is 0 Å². The molecular weight excluding hydrogens is 214 g/mol. The summed E-state index contributed by atoms with van der Waals surface area (Å²) in [6.45, 7) is 0.515. The molecule has 5 heteroatoms. The Bertz CT molecular complexity index is 255. The van der Waals surface area contributed by atoms with Crippen LogP contribution in [0.15, 0.2) is 24.3 Å². The maximum Gasteiger partial charge on any atom is 0.308 e. The first-order valence-electron chi connectivity index (χ1n) is 3.40. The summed E-state index contributed by atoms with van der Waals surface area (Å²) in [6.07, 6.45) is -2.39. The molecular formula is C7H10Cl2N2P+. The first kappa shape index (κ1) is 10.2. The van der Waals surface area contributed by atoms with Crippen LogP contribution in [0.3, 0.4) is 0 Å². The van der Waals surface area contributed by atoms with Gasteiger partial charge in [-0.25, -0.2) is 0 Å². The van der Waals surface area contributed by atoms with Crippen molar-refractivity contribution in [2.45, 2.75) is 6.54 Å². The molecule has 0 aliphatic carbocycles. The molecule has 0 bridgehead atoms. The van der Waals surface area contributed by atoms with Gasteiger partial charge >= 0.3 is 6.12 Å². The topological polar surface area (TPSA) is 52.0 Å². The third kappa shape index (κ3) is 2.58. The van der Waals surface area contributed by atoms with Crippen molar-refractivity contribution >= 4 is 33.9 Å². The SMILES string of the molecule is NCc1ccc([P+](N)(Cl)Cl)cc1. The number of hydrogen-bond donors (Lipinski definition) is 2. The van der Waals surface area contributed by atoms with Crippen LogP contribution in [0.2, 0.25) is 0 Å². The minimum Gasteiger partial charge on any atom is -0.326 e. The van der Waals surface area contributed by atoms with E-state index in [1.165, 1.54) is 0 Å². The summed E-state index contributed by atoms with van der Waals surface area (Å²) in [4.78, 5) is 0. The zero-order chi connectivity index (χ0) is 9.19. The van der Waals surface area contributed by atoms with Crippen LogP contribution in [-0.4, -0.2) is 0 Å². The van der Waals surface area contributed by atoms with Crippen LogP contribution < -0.4 is 16.5 Å². The molecule has 0 spiro atoms. The fourth-order valence-electron chi connectivity index (χ4n) is 0.831. The fourth-order valence-corrected chi connectivity index (χ4v) is 2.05. The van der Waals surface area contributed by atoms with Gasteiger partial charge in [0.25, 0.3) is 0 Å². The van der Waals surface area contributed by atoms with Crippen LogP contribution in [0.4, 0.5) is 0 Å². The van der Waals surface area contributed by atoms with Crippen LogP contribution >= 0.6 is 28.6 Å². The van der Waals surface area contributed by atoms with Gasteiger partial charge in [-0.2, -0.15) is 5.50 Å². The summed E-state index contributed by atoms with van der Waals surface area (Å²) in [7, 11) is 0. The molecule has 0 heterocycles. The molecule has 2 nitrogen and oxygen atoms in total. The van der Waals surface area contributed by atoms with Crippen LogP contribution in [0.5, 0.6) is 0 Å². The van der Waals surface area contributed by atoms with Gasteiger partial charge in [0.15, 0.2) is 0 Å². The molecule has 4 N–H and O–H groups in total. The Kier molecular flexibility index (Phi) is 3.33. The smallest absolute Gasteiger partial charge is 0.308 e. The normalized spacial score (nSPS) is 11.7. The average molecular weight is 224 g/mol. The van der Waals surface area contributed by atoms with E-state index in [2.05, 4.69) is 0 Å². The first-order chi connectivity index (χ1) is 5.54. The molecule has 0 unspecified atom stereocenters. The molecule has 66 valence electrons. The van der Waals surface area contributed by atoms with E-state index in [9.17, 15) is 0 Å². The molecule has 0 atom stereocenters. The number of halogens is 2.